The van der Waals surface area contributed by atoms with Gasteiger partial charge in [-0.05, 0) is 39.7 Å². The van der Waals surface area contributed by atoms with Crippen LogP contribution in [0.15, 0.2) is 0 Å². The summed E-state index contributed by atoms with van der Waals surface area (Å²) < 4.78 is 0. The highest BCUT2D eigenvalue weighted by molar-refractivity contribution is 4.82. The average molecular weight is 211 g/mol. The summed E-state index contributed by atoms with van der Waals surface area (Å²) in [4.78, 5) is 5.37. The molecule has 0 saturated carbocycles. The first-order valence-electron chi connectivity index (χ1n) is 6.49. The van der Waals surface area contributed by atoms with E-state index in [0.717, 1.165) is 6.17 Å². The molecule has 2 saturated heterocycles. The number of hydrogen-bond acceptors (Lipinski definition) is 3. The molecule has 0 amide bonds. The van der Waals surface area contributed by atoms with Gasteiger partial charge >= 0.3 is 0 Å². The SMILES string of the molecule is CC(C)N1CCCCC1N1CCNCC1. The van der Waals surface area contributed by atoms with Crippen molar-refractivity contribution >= 4 is 0 Å². The van der Waals surface area contributed by atoms with Crippen molar-refractivity contribution in [1.29, 1.82) is 0 Å². The van der Waals surface area contributed by atoms with Crippen LogP contribution in [0.25, 0.3) is 0 Å². The number of rotatable bonds is 2. The highest BCUT2D eigenvalue weighted by Crippen LogP contribution is 2.22. The van der Waals surface area contributed by atoms with Gasteiger partial charge in [-0.25, -0.2) is 0 Å². The lowest BCUT2D eigenvalue weighted by Crippen LogP contribution is -2.58. The van der Waals surface area contributed by atoms with Gasteiger partial charge in [0.15, 0.2) is 0 Å². The van der Waals surface area contributed by atoms with E-state index in [2.05, 4.69) is 29.0 Å². The lowest BCUT2D eigenvalue weighted by atomic mass is 10.0. The van der Waals surface area contributed by atoms with Gasteiger partial charge < -0.3 is 5.32 Å². The molecule has 0 bridgehead atoms. The van der Waals surface area contributed by atoms with Gasteiger partial charge in [-0.2, -0.15) is 0 Å². The number of nitrogens with zero attached hydrogens (tertiary/aromatic N) is 2. The van der Waals surface area contributed by atoms with Crippen LogP contribution in [-0.4, -0.2) is 54.7 Å². The largest absolute Gasteiger partial charge is 0.314 e. The number of piperazine rings is 1. The highest BCUT2D eigenvalue weighted by Gasteiger charge is 2.29. The molecular weight excluding hydrogens is 186 g/mol. The summed E-state index contributed by atoms with van der Waals surface area (Å²) in [6, 6.07) is 0.699. The smallest absolute Gasteiger partial charge is 0.0625 e. The Balaban J connectivity index is 1.96. The molecule has 3 heteroatoms. The summed E-state index contributed by atoms with van der Waals surface area (Å²) in [5, 5.41) is 3.44. The standard InChI is InChI=1S/C12H25N3/c1-11(2)15-8-4-3-5-12(15)14-9-6-13-7-10-14/h11-13H,3-10H2,1-2H3. The third kappa shape index (κ3) is 2.71. The van der Waals surface area contributed by atoms with Crippen molar-refractivity contribution < 1.29 is 0 Å². The van der Waals surface area contributed by atoms with Crippen molar-refractivity contribution in [3.05, 3.63) is 0 Å². The van der Waals surface area contributed by atoms with Crippen LogP contribution in [-0.2, 0) is 0 Å². The lowest BCUT2D eigenvalue weighted by molar-refractivity contribution is -0.0118. The highest BCUT2D eigenvalue weighted by atomic mass is 15.4. The molecule has 2 fully saturated rings. The van der Waals surface area contributed by atoms with Crippen LogP contribution in [0.2, 0.25) is 0 Å². The fraction of sp³-hybridized carbons (Fsp3) is 1.00. The van der Waals surface area contributed by atoms with Crippen LogP contribution in [0.3, 0.4) is 0 Å². The van der Waals surface area contributed by atoms with E-state index in [1.165, 1.54) is 52.0 Å². The molecule has 1 unspecified atom stereocenters. The van der Waals surface area contributed by atoms with E-state index in [0.29, 0.717) is 6.04 Å². The second-order valence-corrected chi connectivity index (χ2v) is 5.09. The maximum atomic E-state index is 3.44. The lowest BCUT2D eigenvalue weighted by Gasteiger charge is -2.46. The topological polar surface area (TPSA) is 18.5 Å². The van der Waals surface area contributed by atoms with Gasteiger partial charge in [0.1, 0.15) is 0 Å². The Kier molecular flexibility index (Phi) is 4.00. The Morgan fingerprint density at radius 1 is 1.07 bits per heavy atom. The first kappa shape index (κ1) is 11.4. The summed E-state index contributed by atoms with van der Waals surface area (Å²) in [5.74, 6) is 0. The molecule has 2 aliphatic rings. The molecule has 88 valence electrons. The van der Waals surface area contributed by atoms with Crippen LogP contribution >= 0.6 is 0 Å². The molecule has 0 aromatic heterocycles. The minimum absolute atomic E-state index is 0.699. The molecule has 1 N–H and O–H groups in total. The molecule has 0 radical (unpaired) electrons. The molecule has 0 aromatic carbocycles. The first-order chi connectivity index (χ1) is 7.29. The quantitative estimate of drug-likeness (QED) is 0.738. The fourth-order valence-corrected chi connectivity index (χ4v) is 2.91. The monoisotopic (exact) mass is 211 g/mol. The zero-order valence-electron chi connectivity index (χ0n) is 10.2. The molecule has 2 rings (SSSR count). The third-order valence-electron chi connectivity index (χ3n) is 3.75. The summed E-state index contributed by atoms with van der Waals surface area (Å²) >= 11 is 0. The maximum Gasteiger partial charge on any atom is 0.0625 e. The van der Waals surface area contributed by atoms with E-state index in [9.17, 15) is 0 Å². The normalized spacial score (nSPS) is 31.0. The van der Waals surface area contributed by atoms with Crippen molar-refractivity contribution in [2.24, 2.45) is 0 Å². The summed E-state index contributed by atoms with van der Waals surface area (Å²) in [7, 11) is 0. The van der Waals surface area contributed by atoms with Crippen molar-refractivity contribution in [2.75, 3.05) is 32.7 Å². The molecule has 0 aromatic rings. The zero-order valence-corrected chi connectivity index (χ0v) is 10.2. The second kappa shape index (κ2) is 5.28. The molecule has 2 aliphatic heterocycles. The van der Waals surface area contributed by atoms with Crippen LogP contribution in [0.1, 0.15) is 33.1 Å². The Labute approximate surface area is 93.8 Å². The molecule has 1 atom stereocenters. The van der Waals surface area contributed by atoms with Gasteiger partial charge in [-0.1, -0.05) is 0 Å². The Bertz CT molecular complexity index is 187. The summed E-state index contributed by atoms with van der Waals surface area (Å²) in [6.07, 6.45) is 4.90. The van der Waals surface area contributed by atoms with E-state index < -0.39 is 0 Å². The van der Waals surface area contributed by atoms with Crippen molar-refractivity contribution in [1.82, 2.24) is 15.1 Å². The van der Waals surface area contributed by atoms with Gasteiger partial charge in [0.05, 0.1) is 6.17 Å². The van der Waals surface area contributed by atoms with Crippen molar-refractivity contribution in [3.8, 4) is 0 Å². The number of nitrogens with one attached hydrogen (secondary N) is 1. The molecule has 2 heterocycles. The zero-order chi connectivity index (χ0) is 10.7. The Morgan fingerprint density at radius 3 is 2.47 bits per heavy atom. The second-order valence-electron chi connectivity index (χ2n) is 5.09. The molecule has 0 aliphatic carbocycles. The van der Waals surface area contributed by atoms with Crippen LogP contribution in [0.4, 0.5) is 0 Å². The van der Waals surface area contributed by atoms with Gasteiger partial charge in [-0.3, -0.25) is 9.80 Å². The van der Waals surface area contributed by atoms with E-state index in [1.807, 2.05) is 0 Å². The van der Waals surface area contributed by atoms with Crippen LogP contribution in [0.5, 0.6) is 0 Å². The van der Waals surface area contributed by atoms with Crippen LogP contribution < -0.4 is 5.32 Å². The van der Waals surface area contributed by atoms with E-state index in [-0.39, 0.29) is 0 Å². The predicted octanol–water partition coefficient (Wildman–Crippen LogP) is 1.11. The number of likely N-dealkylation sites (tertiary alicyclic amines) is 1. The Hall–Kier alpha value is -0.120. The van der Waals surface area contributed by atoms with Crippen molar-refractivity contribution in [2.45, 2.75) is 45.3 Å². The first-order valence-corrected chi connectivity index (χ1v) is 6.49. The summed E-state index contributed by atoms with van der Waals surface area (Å²) in [6.45, 7) is 10.8. The molecule has 0 spiro atoms. The summed E-state index contributed by atoms with van der Waals surface area (Å²) in [5.41, 5.74) is 0. The van der Waals surface area contributed by atoms with Gasteiger partial charge in [-0.15, -0.1) is 0 Å². The minimum atomic E-state index is 0.699. The molecule has 15 heavy (non-hydrogen) atoms. The van der Waals surface area contributed by atoms with Gasteiger partial charge in [0.2, 0.25) is 0 Å². The maximum absolute atomic E-state index is 3.44. The number of hydrogen-bond donors (Lipinski definition) is 1. The third-order valence-corrected chi connectivity index (χ3v) is 3.75. The van der Waals surface area contributed by atoms with Crippen molar-refractivity contribution in [3.63, 3.8) is 0 Å². The molecular formula is C12H25N3. The van der Waals surface area contributed by atoms with E-state index in [4.69, 9.17) is 0 Å². The Morgan fingerprint density at radius 2 is 1.80 bits per heavy atom. The average Bonchev–Trinajstić information content (AvgIpc) is 2.30. The van der Waals surface area contributed by atoms with Gasteiger partial charge in [0.25, 0.3) is 0 Å². The molecule has 3 nitrogen and oxygen atoms in total. The fourth-order valence-electron chi connectivity index (χ4n) is 2.91. The van der Waals surface area contributed by atoms with Gasteiger partial charge in [0, 0.05) is 32.2 Å². The van der Waals surface area contributed by atoms with E-state index >= 15 is 0 Å². The number of piperidine rings is 1. The van der Waals surface area contributed by atoms with E-state index in [1.54, 1.807) is 0 Å². The minimum Gasteiger partial charge on any atom is -0.314 e. The predicted molar refractivity (Wildman–Crippen MR) is 63.9 cm³/mol. The van der Waals surface area contributed by atoms with Crippen LogP contribution in [0, 0.1) is 0 Å².